The maximum atomic E-state index is 12.6. The molecular weight excluding hydrogens is 324 g/mol. The van der Waals surface area contributed by atoms with Crippen LogP contribution in [0.4, 0.5) is 0 Å². The fourth-order valence-electron chi connectivity index (χ4n) is 4.03. The van der Waals surface area contributed by atoms with E-state index >= 15 is 0 Å². The van der Waals surface area contributed by atoms with Crippen LogP contribution in [0.25, 0.3) is 0 Å². The first-order valence-electron chi connectivity index (χ1n) is 9.03. The van der Waals surface area contributed by atoms with Gasteiger partial charge in [0.2, 0.25) is 0 Å². The second kappa shape index (κ2) is 8.21. The van der Waals surface area contributed by atoms with E-state index in [1.54, 1.807) is 12.1 Å². The molecule has 1 aliphatic heterocycles. The number of likely N-dealkylation sites (N-methyl/N-ethyl adjacent to an activating group) is 1. The van der Waals surface area contributed by atoms with E-state index in [1.165, 1.54) is 45.2 Å². The Bertz CT molecular complexity index is 560. The lowest BCUT2D eigenvalue weighted by atomic mass is 9.88. The number of hydrogen-bond donors (Lipinski definition) is 0. The van der Waals surface area contributed by atoms with Gasteiger partial charge in [-0.1, -0.05) is 30.5 Å². The molecule has 1 aromatic rings. The third kappa shape index (κ3) is 4.22. The van der Waals surface area contributed by atoms with E-state index in [1.807, 2.05) is 24.1 Å². The van der Waals surface area contributed by atoms with Gasteiger partial charge >= 0.3 is 0 Å². The maximum Gasteiger partial charge on any atom is 0.260 e. The van der Waals surface area contributed by atoms with Gasteiger partial charge in [-0.2, -0.15) is 0 Å². The van der Waals surface area contributed by atoms with Crippen LogP contribution in [0.15, 0.2) is 24.3 Å². The van der Waals surface area contributed by atoms with Crippen LogP contribution < -0.4 is 4.74 Å². The zero-order valence-electron chi connectivity index (χ0n) is 14.4. The summed E-state index contributed by atoms with van der Waals surface area (Å²) in [5.74, 6) is 0.690. The molecule has 2 aliphatic rings. The summed E-state index contributed by atoms with van der Waals surface area (Å²) in [5.41, 5.74) is 0. The number of ether oxygens (including phenoxy) is 1. The molecule has 3 rings (SSSR count). The molecule has 24 heavy (non-hydrogen) atoms. The number of likely N-dealkylation sites (tertiary alicyclic amines) is 1. The number of halogens is 1. The van der Waals surface area contributed by atoms with Crippen molar-refractivity contribution in [1.29, 1.82) is 0 Å². The number of carbonyl (C=O) groups excluding carboxylic acids is 1. The summed E-state index contributed by atoms with van der Waals surface area (Å²) in [4.78, 5) is 17.1. The first kappa shape index (κ1) is 17.6. The third-order valence-electron chi connectivity index (χ3n) is 5.35. The van der Waals surface area contributed by atoms with Crippen LogP contribution in [-0.2, 0) is 4.79 Å². The summed E-state index contributed by atoms with van der Waals surface area (Å²) in [6, 6.07) is 8.02. The molecule has 0 aromatic heterocycles. The summed E-state index contributed by atoms with van der Waals surface area (Å²) in [6.45, 7) is 2.44. The Labute approximate surface area is 149 Å². The monoisotopic (exact) mass is 350 g/mol. The second-order valence-electron chi connectivity index (χ2n) is 6.91. The minimum Gasteiger partial charge on any atom is -0.484 e. The van der Waals surface area contributed by atoms with Gasteiger partial charge in [0.05, 0.1) is 0 Å². The van der Waals surface area contributed by atoms with Crippen molar-refractivity contribution < 1.29 is 9.53 Å². The Kier molecular flexibility index (Phi) is 6.01. The standard InChI is InChI=1S/C19H27ClN2O2/c1-21(19(23)14-24-16-8-6-7-15(20)13-16)17-9-2-3-10-18(17)22-11-4-5-12-22/h6-8,13,17-18H,2-5,9-12,14H2,1H3/t17-,18-/m1/s1. The predicted molar refractivity (Wildman–Crippen MR) is 96.6 cm³/mol. The molecule has 1 amide bonds. The highest BCUT2D eigenvalue weighted by Gasteiger charge is 2.35. The molecule has 1 heterocycles. The van der Waals surface area contributed by atoms with Crippen molar-refractivity contribution in [3.05, 3.63) is 29.3 Å². The van der Waals surface area contributed by atoms with Gasteiger partial charge in [0.1, 0.15) is 5.75 Å². The second-order valence-corrected chi connectivity index (χ2v) is 7.35. The molecule has 1 aliphatic carbocycles. The van der Waals surface area contributed by atoms with Gasteiger partial charge in [-0.15, -0.1) is 0 Å². The Morgan fingerprint density at radius 3 is 2.75 bits per heavy atom. The number of nitrogens with zero attached hydrogens (tertiary/aromatic N) is 2. The minimum atomic E-state index is 0.0473. The fraction of sp³-hybridized carbons (Fsp3) is 0.632. The minimum absolute atomic E-state index is 0.0473. The summed E-state index contributed by atoms with van der Waals surface area (Å²) in [7, 11) is 1.93. The molecule has 0 N–H and O–H groups in total. The smallest absolute Gasteiger partial charge is 0.260 e. The first-order chi connectivity index (χ1) is 11.6. The first-order valence-corrected chi connectivity index (χ1v) is 9.41. The molecule has 0 unspecified atom stereocenters. The largest absolute Gasteiger partial charge is 0.484 e. The Hall–Kier alpha value is -1.26. The molecule has 1 saturated heterocycles. The van der Waals surface area contributed by atoms with Crippen LogP contribution in [0.3, 0.4) is 0 Å². The maximum absolute atomic E-state index is 12.6. The van der Waals surface area contributed by atoms with Crippen LogP contribution in [-0.4, -0.2) is 54.5 Å². The Morgan fingerprint density at radius 2 is 2.00 bits per heavy atom. The van der Waals surface area contributed by atoms with E-state index in [2.05, 4.69) is 4.90 Å². The molecule has 132 valence electrons. The van der Waals surface area contributed by atoms with Crippen LogP contribution in [0.1, 0.15) is 38.5 Å². The number of carbonyl (C=O) groups is 1. The summed E-state index contributed by atoms with van der Waals surface area (Å²) in [5, 5.41) is 0.620. The van der Waals surface area contributed by atoms with E-state index in [-0.39, 0.29) is 12.5 Å². The third-order valence-corrected chi connectivity index (χ3v) is 5.59. The van der Waals surface area contributed by atoms with E-state index in [0.717, 1.165) is 6.42 Å². The van der Waals surface area contributed by atoms with E-state index < -0.39 is 0 Å². The van der Waals surface area contributed by atoms with Crippen molar-refractivity contribution in [3.8, 4) is 5.75 Å². The molecule has 0 radical (unpaired) electrons. The zero-order chi connectivity index (χ0) is 16.9. The van der Waals surface area contributed by atoms with E-state index in [9.17, 15) is 4.79 Å². The Balaban J connectivity index is 1.58. The molecule has 5 heteroatoms. The van der Waals surface area contributed by atoms with Crippen molar-refractivity contribution in [2.75, 3.05) is 26.7 Å². The highest BCUT2D eigenvalue weighted by Crippen LogP contribution is 2.29. The van der Waals surface area contributed by atoms with Crippen LogP contribution in [0.5, 0.6) is 5.75 Å². The van der Waals surface area contributed by atoms with Crippen LogP contribution >= 0.6 is 11.6 Å². The number of hydrogen-bond acceptors (Lipinski definition) is 3. The predicted octanol–water partition coefficient (Wildman–Crippen LogP) is 3.58. The molecule has 2 atom stereocenters. The average molecular weight is 351 g/mol. The van der Waals surface area contributed by atoms with Gasteiger partial charge < -0.3 is 9.64 Å². The van der Waals surface area contributed by atoms with Crippen molar-refractivity contribution in [2.24, 2.45) is 0 Å². The lowest BCUT2D eigenvalue weighted by molar-refractivity contribution is -0.136. The molecule has 0 spiro atoms. The molecule has 2 fully saturated rings. The number of rotatable bonds is 5. The van der Waals surface area contributed by atoms with Gasteiger partial charge in [-0.25, -0.2) is 0 Å². The summed E-state index contributed by atoms with van der Waals surface area (Å²) >= 11 is 5.96. The lowest BCUT2D eigenvalue weighted by Crippen LogP contribution is -2.53. The van der Waals surface area contributed by atoms with Crippen LogP contribution in [0, 0.1) is 0 Å². The average Bonchev–Trinajstić information content (AvgIpc) is 3.13. The van der Waals surface area contributed by atoms with Crippen molar-refractivity contribution in [3.63, 3.8) is 0 Å². The van der Waals surface area contributed by atoms with Crippen molar-refractivity contribution in [1.82, 2.24) is 9.80 Å². The molecule has 0 bridgehead atoms. The van der Waals surface area contributed by atoms with Gasteiger partial charge in [0.25, 0.3) is 5.91 Å². The zero-order valence-corrected chi connectivity index (χ0v) is 15.2. The topological polar surface area (TPSA) is 32.8 Å². The van der Waals surface area contributed by atoms with Crippen LogP contribution in [0.2, 0.25) is 5.02 Å². The van der Waals surface area contributed by atoms with Gasteiger partial charge in [-0.05, 0) is 57.0 Å². The number of amides is 1. The molecule has 1 aromatic carbocycles. The highest BCUT2D eigenvalue weighted by molar-refractivity contribution is 6.30. The normalized spacial score (nSPS) is 24.8. The molecule has 1 saturated carbocycles. The van der Waals surface area contributed by atoms with E-state index in [4.69, 9.17) is 16.3 Å². The SMILES string of the molecule is CN(C(=O)COc1cccc(Cl)c1)[C@@H]1CCCC[C@H]1N1CCCC1. The molecule has 4 nitrogen and oxygen atoms in total. The highest BCUT2D eigenvalue weighted by atomic mass is 35.5. The van der Waals surface area contributed by atoms with Gasteiger partial charge in [-0.3, -0.25) is 9.69 Å². The summed E-state index contributed by atoms with van der Waals surface area (Å²) in [6.07, 6.45) is 7.37. The van der Waals surface area contributed by atoms with Crippen molar-refractivity contribution >= 4 is 17.5 Å². The van der Waals surface area contributed by atoms with E-state index in [0.29, 0.717) is 22.9 Å². The lowest BCUT2D eigenvalue weighted by Gasteiger charge is -2.42. The summed E-state index contributed by atoms with van der Waals surface area (Å²) < 4.78 is 5.63. The molecular formula is C19H27ClN2O2. The quantitative estimate of drug-likeness (QED) is 0.813. The number of benzene rings is 1. The fourth-order valence-corrected chi connectivity index (χ4v) is 4.21. The van der Waals surface area contributed by atoms with Gasteiger partial charge in [0.15, 0.2) is 6.61 Å². The Morgan fingerprint density at radius 1 is 1.25 bits per heavy atom. The van der Waals surface area contributed by atoms with Gasteiger partial charge in [0, 0.05) is 24.2 Å². The van der Waals surface area contributed by atoms with Crippen molar-refractivity contribution in [2.45, 2.75) is 50.6 Å².